The Hall–Kier alpha value is -2.05. The van der Waals surface area contributed by atoms with Crippen molar-refractivity contribution in [1.29, 1.82) is 0 Å². The summed E-state index contributed by atoms with van der Waals surface area (Å²) in [7, 11) is 0. The lowest BCUT2D eigenvalue weighted by molar-refractivity contribution is 0.827. The Bertz CT molecular complexity index is 886. The lowest BCUT2D eigenvalue weighted by atomic mass is 10.1. The van der Waals surface area contributed by atoms with Gasteiger partial charge in [0.2, 0.25) is 0 Å². The molecule has 2 aromatic carbocycles. The zero-order valence-corrected chi connectivity index (χ0v) is 11.4. The highest BCUT2D eigenvalue weighted by atomic mass is 32.1. The van der Waals surface area contributed by atoms with E-state index in [2.05, 4.69) is 32.5 Å². The number of H-pyrrole nitrogens is 3. The van der Waals surface area contributed by atoms with E-state index in [-0.39, 0.29) is 0 Å². The molecule has 0 bridgehead atoms. The van der Waals surface area contributed by atoms with Gasteiger partial charge < -0.3 is 0 Å². The molecule has 3 N–H and O–H groups in total. The highest BCUT2D eigenvalue weighted by Crippen LogP contribution is 2.20. The molecule has 0 spiro atoms. The SMILES string of the molecule is S=c1[nH][nH][nH]c(=S)c1=Nc1ccc2ccccc2c1. The van der Waals surface area contributed by atoms with Gasteiger partial charge in [-0.15, -0.1) is 0 Å². The Morgan fingerprint density at radius 3 is 2.26 bits per heavy atom. The molecule has 0 aliphatic carbocycles. The first-order chi connectivity index (χ1) is 9.24. The van der Waals surface area contributed by atoms with Crippen molar-refractivity contribution in [3.63, 3.8) is 0 Å². The fourth-order valence-corrected chi connectivity index (χ4v) is 2.31. The molecule has 3 aromatic rings. The molecule has 0 unspecified atom stereocenters. The van der Waals surface area contributed by atoms with Gasteiger partial charge in [0, 0.05) is 0 Å². The molecule has 1 heterocycles. The van der Waals surface area contributed by atoms with Crippen LogP contribution in [-0.2, 0) is 0 Å². The highest BCUT2D eigenvalue weighted by Gasteiger charge is 1.96. The molecular weight excluding hydrogens is 276 g/mol. The molecule has 6 heteroatoms. The second kappa shape index (κ2) is 4.91. The highest BCUT2D eigenvalue weighted by molar-refractivity contribution is 7.72. The van der Waals surface area contributed by atoms with Crippen molar-refractivity contribution >= 4 is 40.9 Å². The van der Waals surface area contributed by atoms with Gasteiger partial charge in [0.15, 0.2) is 0 Å². The lowest BCUT2D eigenvalue weighted by Gasteiger charge is -1.99. The third-order valence-corrected chi connectivity index (χ3v) is 3.35. The molecule has 1 aromatic heterocycles. The first kappa shape index (κ1) is 12.0. The van der Waals surface area contributed by atoms with Crippen molar-refractivity contribution < 1.29 is 0 Å². The first-order valence-electron chi connectivity index (χ1n) is 5.67. The summed E-state index contributed by atoms with van der Waals surface area (Å²) in [6.45, 7) is 0. The molecule has 19 heavy (non-hydrogen) atoms. The number of hydrogen-bond donors (Lipinski definition) is 3. The second-order valence-electron chi connectivity index (χ2n) is 4.03. The minimum atomic E-state index is 0.483. The fraction of sp³-hybridized carbons (Fsp3) is 0. The van der Waals surface area contributed by atoms with Crippen molar-refractivity contribution in [3.05, 3.63) is 57.1 Å². The molecular formula is C13H10N4S2. The maximum atomic E-state index is 5.17. The standard InChI is InChI=1S/C13H10N4S2/c18-12-11(13(19)16-17-15-12)14-10-6-5-8-3-1-2-4-9(8)7-10/h1-7H,(H,14,17)(H2,15,16,18,19). The number of rotatable bonds is 1. The Labute approximate surface area is 118 Å². The summed E-state index contributed by atoms with van der Waals surface area (Å²) in [6.07, 6.45) is 0. The van der Waals surface area contributed by atoms with Gasteiger partial charge in [0.05, 0.1) is 5.69 Å². The number of aromatic nitrogens is 3. The summed E-state index contributed by atoms with van der Waals surface area (Å²) in [5.41, 5.74) is 0.823. The van der Waals surface area contributed by atoms with Crippen LogP contribution in [0.2, 0.25) is 0 Å². The molecule has 0 amide bonds. The second-order valence-corrected chi connectivity index (χ2v) is 4.84. The van der Waals surface area contributed by atoms with E-state index in [0.29, 0.717) is 14.6 Å². The third-order valence-electron chi connectivity index (χ3n) is 2.76. The molecule has 0 fully saturated rings. The van der Waals surface area contributed by atoms with Crippen LogP contribution in [0.5, 0.6) is 0 Å². The molecule has 3 rings (SSSR count). The van der Waals surface area contributed by atoms with Crippen molar-refractivity contribution in [3.8, 4) is 0 Å². The van der Waals surface area contributed by atoms with Gasteiger partial charge >= 0.3 is 0 Å². The summed E-state index contributed by atoms with van der Waals surface area (Å²) < 4.78 is 0.966. The smallest absolute Gasteiger partial charge is 0.148 e. The zero-order valence-electron chi connectivity index (χ0n) is 9.81. The molecule has 4 nitrogen and oxygen atoms in total. The van der Waals surface area contributed by atoms with Gasteiger partial charge in [-0.2, -0.15) is 0 Å². The first-order valence-corrected chi connectivity index (χ1v) is 6.49. The maximum Gasteiger partial charge on any atom is 0.148 e. The van der Waals surface area contributed by atoms with Crippen LogP contribution >= 0.6 is 24.4 Å². The molecule has 94 valence electrons. The topological polar surface area (TPSA) is 59.7 Å². The van der Waals surface area contributed by atoms with Crippen molar-refractivity contribution in [2.45, 2.75) is 0 Å². The van der Waals surface area contributed by atoms with Crippen LogP contribution in [0.4, 0.5) is 5.69 Å². The number of hydrogen-bond acceptors (Lipinski definition) is 3. The van der Waals surface area contributed by atoms with Crippen LogP contribution in [0, 0.1) is 9.28 Å². The van der Waals surface area contributed by atoms with E-state index in [9.17, 15) is 0 Å². The van der Waals surface area contributed by atoms with E-state index in [1.54, 1.807) is 0 Å². The Kier molecular flexibility index (Phi) is 3.10. The van der Waals surface area contributed by atoms with Gasteiger partial charge in [-0.1, -0.05) is 54.8 Å². The predicted octanol–water partition coefficient (Wildman–Crippen LogP) is 3.52. The van der Waals surface area contributed by atoms with Crippen LogP contribution < -0.4 is 5.36 Å². The minimum Gasteiger partial charge on any atom is -0.274 e. The van der Waals surface area contributed by atoms with Crippen LogP contribution in [-0.4, -0.2) is 15.4 Å². The predicted molar refractivity (Wildman–Crippen MR) is 80.3 cm³/mol. The summed E-state index contributed by atoms with van der Waals surface area (Å²) in [4.78, 5) is 4.50. The average molecular weight is 286 g/mol. The monoisotopic (exact) mass is 286 g/mol. The summed E-state index contributed by atoms with van der Waals surface area (Å²) in [6, 6.07) is 14.1. The van der Waals surface area contributed by atoms with Crippen molar-refractivity contribution in [2.75, 3.05) is 0 Å². The number of nitrogens with one attached hydrogen (secondary N) is 3. The Morgan fingerprint density at radius 2 is 1.53 bits per heavy atom. The number of aromatic amines is 3. The van der Waals surface area contributed by atoms with Crippen LogP contribution in [0.1, 0.15) is 0 Å². The van der Waals surface area contributed by atoms with Crippen molar-refractivity contribution in [1.82, 2.24) is 15.4 Å². The molecule has 0 aliphatic rings. The normalized spacial score (nSPS) is 10.5. The largest absolute Gasteiger partial charge is 0.274 e. The van der Waals surface area contributed by atoms with E-state index in [1.807, 2.05) is 30.3 Å². The molecule has 0 radical (unpaired) electrons. The quantitative estimate of drug-likeness (QED) is 0.599. The van der Waals surface area contributed by atoms with Gasteiger partial charge in [0.1, 0.15) is 14.6 Å². The molecule has 0 saturated heterocycles. The zero-order chi connectivity index (χ0) is 13.2. The minimum absolute atomic E-state index is 0.483. The Balaban J connectivity index is 2.26. The van der Waals surface area contributed by atoms with E-state index < -0.39 is 0 Å². The fourth-order valence-electron chi connectivity index (χ4n) is 1.84. The van der Waals surface area contributed by atoms with Gasteiger partial charge in [-0.05, 0) is 22.9 Å². The van der Waals surface area contributed by atoms with E-state index in [1.165, 1.54) is 5.39 Å². The summed E-state index contributed by atoms with van der Waals surface area (Å²) in [5.74, 6) is 0. The summed E-state index contributed by atoms with van der Waals surface area (Å²) in [5, 5.41) is 11.1. The molecule has 0 aliphatic heterocycles. The van der Waals surface area contributed by atoms with Crippen LogP contribution in [0.25, 0.3) is 10.8 Å². The average Bonchev–Trinajstić information content (AvgIpc) is 2.43. The molecule has 0 atom stereocenters. The number of nitrogens with zero attached hydrogens (tertiary/aromatic N) is 1. The van der Waals surface area contributed by atoms with Gasteiger partial charge in [-0.25, -0.2) is 10.2 Å². The summed E-state index contributed by atoms with van der Waals surface area (Å²) >= 11 is 10.3. The van der Waals surface area contributed by atoms with Crippen LogP contribution in [0.15, 0.2) is 47.5 Å². The van der Waals surface area contributed by atoms with E-state index in [0.717, 1.165) is 11.1 Å². The number of fused-ring (bicyclic) bond motifs is 1. The van der Waals surface area contributed by atoms with E-state index >= 15 is 0 Å². The van der Waals surface area contributed by atoms with Gasteiger partial charge in [-0.3, -0.25) is 10.2 Å². The van der Waals surface area contributed by atoms with E-state index in [4.69, 9.17) is 24.4 Å². The number of benzene rings is 2. The lowest BCUT2D eigenvalue weighted by Crippen LogP contribution is -2.10. The van der Waals surface area contributed by atoms with Crippen LogP contribution in [0.3, 0.4) is 0 Å². The van der Waals surface area contributed by atoms with Crippen molar-refractivity contribution in [2.24, 2.45) is 4.99 Å². The van der Waals surface area contributed by atoms with Gasteiger partial charge in [0.25, 0.3) is 0 Å². The third kappa shape index (κ3) is 2.40. The molecule has 0 saturated carbocycles. The maximum absolute atomic E-state index is 5.17. The Morgan fingerprint density at radius 1 is 0.842 bits per heavy atom.